The van der Waals surface area contributed by atoms with E-state index in [4.69, 9.17) is 23.2 Å². The third kappa shape index (κ3) is 5.44. The fourth-order valence-corrected chi connectivity index (χ4v) is 6.37. The van der Waals surface area contributed by atoms with Gasteiger partial charge < -0.3 is 0 Å². The van der Waals surface area contributed by atoms with Crippen LogP contribution < -0.4 is 0 Å². The lowest BCUT2D eigenvalue weighted by atomic mass is 9.86. The van der Waals surface area contributed by atoms with E-state index < -0.39 is 0 Å². The summed E-state index contributed by atoms with van der Waals surface area (Å²) >= 11 is 12.4. The Balaban J connectivity index is 1.22. The van der Waals surface area contributed by atoms with Crippen LogP contribution in [-0.4, -0.2) is 76.6 Å². The van der Waals surface area contributed by atoms with Gasteiger partial charge in [-0.2, -0.15) is 9.59 Å². The van der Waals surface area contributed by atoms with Gasteiger partial charge >= 0.3 is 0 Å². The van der Waals surface area contributed by atoms with Crippen molar-refractivity contribution in [3.8, 4) is 0 Å². The van der Waals surface area contributed by atoms with E-state index in [0.29, 0.717) is 11.8 Å². The van der Waals surface area contributed by atoms with Crippen molar-refractivity contribution >= 4 is 23.2 Å². The SMILES string of the molecule is Clc1ccc(C([C@@H]2CCCN(N3CCC[C@H](C(c4ccc(Cl)cc4)n4ncnn4)C3)C2)n2ncnn2)cc1. The molecule has 2 aromatic heterocycles. The minimum Gasteiger partial charge on any atom is -0.241 e. The first kappa shape index (κ1) is 25.4. The molecule has 6 rings (SSSR count). The zero-order valence-corrected chi connectivity index (χ0v) is 22.5. The second-order valence-electron chi connectivity index (χ2n) is 10.1. The Morgan fingerprint density at radius 1 is 0.632 bits per heavy atom. The molecule has 2 unspecified atom stereocenters. The first-order chi connectivity index (χ1) is 18.7. The minimum atomic E-state index is -0.000631. The molecule has 0 saturated carbocycles. The predicted molar refractivity (Wildman–Crippen MR) is 143 cm³/mol. The molecule has 2 aromatic carbocycles. The molecule has 4 aromatic rings. The van der Waals surface area contributed by atoms with Gasteiger partial charge in [0.25, 0.3) is 0 Å². The molecule has 4 heterocycles. The second kappa shape index (κ2) is 11.4. The van der Waals surface area contributed by atoms with E-state index in [2.05, 4.69) is 65.1 Å². The van der Waals surface area contributed by atoms with Crippen molar-refractivity contribution in [3.63, 3.8) is 0 Å². The second-order valence-corrected chi connectivity index (χ2v) is 11.0. The molecule has 0 amide bonds. The average Bonchev–Trinajstić information content (AvgIpc) is 3.67. The Morgan fingerprint density at radius 3 is 1.42 bits per heavy atom. The van der Waals surface area contributed by atoms with E-state index in [1.165, 1.54) is 12.7 Å². The first-order valence-electron chi connectivity index (χ1n) is 13.1. The van der Waals surface area contributed by atoms with Crippen molar-refractivity contribution in [2.24, 2.45) is 11.8 Å². The molecule has 2 aliphatic rings. The molecule has 38 heavy (non-hydrogen) atoms. The van der Waals surface area contributed by atoms with E-state index in [1.54, 1.807) is 9.59 Å². The predicted octanol–water partition coefficient (Wildman–Crippen LogP) is 4.18. The summed E-state index contributed by atoms with van der Waals surface area (Å²) in [6.45, 7) is 3.92. The largest absolute Gasteiger partial charge is 0.241 e. The third-order valence-electron chi connectivity index (χ3n) is 7.82. The Kier molecular flexibility index (Phi) is 7.64. The molecule has 2 saturated heterocycles. The van der Waals surface area contributed by atoms with Crippen molar-refractivity contribution < 1.29 is 0 Å². The summed E-state index contributed by atoms with van der Waals surface area (Å²) in [5.74, 6) is 0.673. The zero-order chi connectivity index (χ0) is 25.9. The molecule has 10 nitrogen and oxygen atoms in total. The van der Waals surface area contributed by atoms with Gasteiger partial charge in [-0.1, -0.05) is 47.5 Å². The van der Waals surface area contributed by atoms with Gasteiger partial charge in [-0.15, -0.1) is 20.4 Å². The summed E-state index contributed by atoms with van der Waals surface area (Å²) in [5, 5.41) is 32.0. The number of benzene rings is 2. The number of hydrogen-bond acceptors (Lipinski definition) is 8. The molecule has 0 radical (unpaired) electrons. The molecule has 0 N–H and O–H groups in total. The van der Waals surface area contributed by atoms with Crippen LogP contribution in [0.15, 0.2) is 61.2 Å². The van der Waals surface area contributed by atoms with Crippen LogP contribution in [0.3, 0.4) is 0 Å². The van der Waals surface area contributed by atoms with E-state index in [9.17, 15) is 0 Å². The number of rotatable bonds is 7. The lowest BCUT2D eigenvalue weighted by Crippen LogP contribution is -2.53. The van der Waals surface area contributed by atoms with Gasteiger partial charge in [0.2, 0.25) is 0 Å². The summed E-state index contributed by atoms with van der Waals surface area (Å²) in [7, 11) is 0. The van der Waals surface area contributed by atoms with Crippen molar-refractivity contribution in [1.82, 2.24) is 50.4 Å². The number of hydrogen-bond donors (Lipinski definition) is 0. The number of tetrazole rings is 2. The summed E-state index contributed by atoms with van der Waals surface area (Å²) in [6.07, 6.45) is 7.42. The summed E-state index contributed by atoms with van der Waals surface area (Å²) < 4.78 is 0. The molecule has 0 aliphatic carbocycles. The number of nitrogens with zero attached hydrogens (tertiary/aromatic N) is 10. The fraction of sp³-hybridized carbons (Fsp3) is 0.462. The van der Waals surface area contributed by atoms with E-state index in [-0.39, 0.29) is 12.1 Å². The van der Waals surface area contributed by atoms with Crippen LogP contribution >= 0.6 is 23.2 Å². The van der Waals surface area contributed by atoms with E-state index >= 15 is 0 Å². The highest BCUT2D eigenvalue weighted by atomic mass is 35.5. The van der Waals surface area contributed by atoms with Gasteiger partial charge in [-0.05, 0) is 71.5 Å². The molecule has 2 fully saturated rings. The molecule has 2 aliphatic heterocycles. The van der Waals surface area contributed by atoms with Crippen LogP contribution in [0.2, 0.25) is 10.0 Å². The standard InChI is InChI=1S/C26H30Cl2N10/c27-23-9-5-19(6-10-23)25(37-31-17-29-33-37)21-3-1-13-35(15-21)36-14-2-4-22(16-36)26(38-32-18-30-34-38)20-7-11-24(28)12-8-20/h5-12,17-18,21-22,25-26H,1-4,13-16H2/t21-,22+,25?,26?. The molecular formula is C26H30Cl2N10. The Bertz CT molecular complexity index is 1180. The van der Waals surface area contributed by atoms with Gasteiger partial charge in [0, 0.05) is 48.1 Å². The average molecular weight is 554 g/mol. The highest BCUT2D eigenvalue weighted by molar-refractivity contribution is 6.30. The van der Waals surface area contributed by atoms with Crippen LogP contribution in [0, 0.1) is 11.8 Å². The molecule has 198 valence electrons. The van der Waals surface area contributed by atoms with Gasteiger partial charge in [-0.3, -0.25) is 0 Å². The maximum Gasteiger partial charge on any atom is 0.162 e. The van der Waals surface area contributed by atoms with Crippen LogP contribution in [0.4, 0.5) is 0 Å². The highest BCUT2D eigenvalue weighted by Gasteiger charge is 2.37. The maximum atomic E-state index is 6.19. The lowest BCUT2D eigenvalue weighted by molar-refractivity contribution is -0.0888. The lowest BCUT2D eigenvalue weighted by Gasteiger charge is -2.46. The van der Waals surface area contributed by atoms with Crippen LogP contribution in [0.5, 0.6) is 0 Å². The minimum absolute atomic E-state index is 0.000631. The summed E-state index contributed by atoms with van der Waals surface area (Å²) in [5.41, 5.74) is 2.30. The molecule has 4 atom stereocenters. The van der Waals surface area contributed by atoms with Gasteiger partial charge in [0.15, 0.2) is 12.7 Å². The van der Waals surface area contributed by atoms with Crippen LogP contribution in [0.1, 0.15) is 48.9 Å². The molecule has 0 bridgehead atoms. The summed E-state index contributed by atoms with van der Waals surface area (Å²) in [4.78, 5) is 3.51. The number of halogens is 2. The Labute approximate surface area is 231 Å². The number of hydrazine groups is 1. The maximum absolute atomic E-state index is 6.19. The smallest absolute Gasteiger partial charge is 0.162 e. The number of piperidine rings is 2. The monoisotopic (exact) mass is 552 g/mol. The van der Waals surface area contributed by atoms with Gasteiger partial charge in [-0.25, -0.2) is 10.0 Å². The Morgan fingerprint density at radius 2 is 1.05 bits per heavy atom. The molecule has 0 spiro atoms. The topological polar surface area (TPSA) is 93.7 Å². The van der Waals surface area contributed by atoms with Crippen molar-refractivity contribution in [2.45, 2.75) is 37.8 Å². The van der Waals surface area contributed by atoms with Crippen molar-refractivity contribution in [3.05, 3.63) is 82.4 Å². The zero-order valence-electron chi connectivity index (χ0n) is 21.0. The molecule has 12 heteroatoms. The number of aromatic nitrogens is 8. The quantitative estimate of drug-likeness (QED) is 0.337. The normalized spacial score (nSPS) is 22.8. The fourth-order valence-electron chi connectivity index (χ4n) is 6.12. The van der Waals surface area contributed by atoms with Gasteiger partial charge in [0.05, 0.1) is 0 Å². The first-order valence-corrected chi connectivity index (χ1v) is 13.9. The van der Waals surface area contributed by atoms with E-state index in [1.807, 2.05) is 24.3 Å². The summed E-state index contributed by atoms with van der Waals surface area (Å²) in [6, 6.07) is 16.1. The third-order valence-corrected chi connectivity index (χ3v) is 8.32. The van der Waals surface area contributed by atoms with Crippen molar-refractivity contribution in [1.29, 1.82) is 0 Å². The van der Waals surface area contributed by atoms with E-state index in [0.717, 1.165) is 73.0 Å². The highest BCUT2D eigenvalue weighted by Crippen LogP contribution is 2.36. The van der Waals surface area contributed by atoms with Crippen LogP contribution in [-0.2, 0) is 0 Å². The van der Waals surface area contributed by atoms with Crippen molar-refractivity contribution in [2.75, 3.05) is 26.2 Å². The molecular weight excluding hydrogens is 523 g/mol. The Hall–Kier alpha value is -2.92. The van der Waals surface area contributed by atoms with Crippen LogP contribution in [0.25, 0.3) is 0 Å². The van der Waals surface area contributed by atoms with Gasteiger partial charge in [0.1, 0.15) is 12.1 Å².